The normalized spacial score (nSPS) is 34.8. The predicted molar refractivity (Wildman–Crippen MR) is 262 cm³/mol. The lowest BCUT2D eigenvalue weighted by atomic mass is 9.42. The monoisotopic (exact) mass is 944 g/mol. The molecule has 3 aromatic carbocycles. The van der Waals surface area contributed by atoms with Gasteiger partial charge in [-0.3, -0.25) is 19.4 Å². The summed E-state index contributed by atoms with van der Waals surface area (Å²) in [6.45, 7) is 10.8. The predicted octanol–water partition coefficient (Wildman–Crippen LogP) is 4.93. The van der Waals surface area contributed by atoms with E-state index in [1.165, 1.54) is 7.11 Å². The van der Waals surface area contributed by atoms with Gasteiger partial charge in [-0.05, 0) is 93.7 Å². The number of hydrogen-bond donors (Lipinski definition) is 5. The van der Waals surface area contributed by atoms with Crippen molar-refractivity contribution >= 4 is 34.4 Å². The molecule has 0 radical (unpaired) electrons. The third-order valence-corrected chi connectivity index (χ3v) is 18.2. The number of rotatable bonds is 11. The minimum atomic E-state index is -2.54. The van der Waals surface area contributed by atoms with Crippen molar-refractivity contribution in [2.24, 2.45) is 11.3 Å². The van der Waals surface area contributed by atoms with Crippen LogP contribution < -0.4 is 15.0 Å². The maximum absolute atomic E-state index is 15.7. The van der Waals surface area contributed by atoms with E-state index < -0.39 is 69.0 Å². The minimum Gasteiger partial charge on any atom is -0.496 e. The average Bonchev–Trinajstić information content (AvgIpc) is 4.01. The van der Waals surface area contributed by atoms with Gasteiger partial charge in [-0.15, -0.1) is 0 Å². The summed E-state index contributed by atoms with van der Waals surface area (Å²) in [6.07, 6.45) is 5.36. The summed E-state index contributed by atoms with van der Waals surface area (Å²) in [7, 11) is 4.89. The van der Waals surface area contributed by atoms with Gasteiger partial charge in [0.15, 0.2) is 5.60 Å². The Kier molecular flexibility index (Phi) is 11.7. The molecule has 11 atom stereocenters. The number of carbonyl (C=O) groups excluding carboxylic acids is 3. The number of aromatic amines is 1. The number of methoxy groups -OCH3 is 2. The lowest BCUT2D eigenvalue weighted by Crippen LogP contribution is -2.87. The highest BCUT2D eigenvalue weighted by molar-refractivity contribution is 5.97. The van der Waals surface area contributed by atoms with Gasteiger partial charge >= 0.3 is 11.9 Å². The van der Waals surface area contributed by atoms with Crippen molar-refractivity contribution < 1.29 is 43.9 Å². The molecule has 6 heterocycles. The van der Waals surface area contributed by atoms with Crippen LogP contribution in [0, 0.1) is 11.3 Å². The van der Waals surface area contributed by atoms with Crippen LogP contribution in [-0.2, 0) is 47.5 Å². The van der Waals surface area contributed by atoms with Crippen molar-refractivity contribution in [2.45, 2.75) is 118 Å². The Labute approximate surface area is 405 Å². The lowest BCUT2D eigenvalue weighted by molar-refractivity contribution is -0.224. The van der Waals surface area contributed by atoms with Crippen LogP contribution in [0.3, 0.4) is 0 Å². The van der Waals surface area contributed by atoms with Crippen molar-refractivity contribution in [1.29, 1.82) is 0 Å². The smallest absolute Gasteiger partial charge is 0.328 e. The van der Waals surface area contributed by atoms with Crippen LogP contribution in [-0.4, -0.2) is 143 Å². The van der Waals surface area contributed by atoms with Crippen LogP contribution in [0.15, 0.2) is 78.9 Å². The zero-order valence-electron chi connectivity index (χ0n) is 41.1. The van der Waals surface area contributed by atoms with E-state index in [1.54, 1.807) is 14.0 Å². The first kappa shape index (κ1) is 47.4. The van der Waals surface area contributed by atoms with Gasteiger partial charge in [-0.2, -0.15) is 0 Å². The largest absolute Gasteiger partial charge is 0.496 e. The van der Waals surface area contributed by atoms with Crippen LogP contribution >= 0.6 is 0 Å². The fraction of sp³-hybridized carbons (Fsp3) is 0.545. The third-order valence-electron chi connectivity index (χ3n) is 18.2. The minimum absolute atomic E-state index is 0.0860. The number of nitrogens with zero attached hydrogens (tertiary/aromatic N) is 3. The van der Waals surface area contributed by atoms with Crippen molar-refractivity contribution in [3.8, 4) is 5.75 Å². The average molecular weight is 944 g/mol. The van der Waals surface area contributed by atoms with Gasteiger partial charge < -0.3 is 44.7 Å². The van der Waals surface area contributed by atoms with Crippen LogP contribution in [0.1, 0.15) is 87.7 Å². The molecule has 1 unspecified atom stereocenters. The Balaban J connectivity index is 1.22. The number of likely N-dealkylation sites (N-methyl/N-ethyl adjacent to an activating group) is 1. The molecule has 1 aliphatic carbocycles. The van der Waals surface area contributed by atoms with Gasteiger partial charge in [0.25, 0.3) is 5.91 Å². The number of piperidine rings is 1. The van der Waals surface area contributed by atoms with E-state index in [9.17, 15) is 20.1 Å². The molecule has 4 aromatic rings. The number of carbonyl (C=O) groups is 3. The van der Waals surface area contributed by atoms with Crippen LogP contribution in [0.5, 0.6) is 5.75 Å². The molecule has 1 aromatic heterocycles. The first-order valence-electron chi connectivity index (χ1n) is 25.0. The molecule has 14 heteroatoms. The van der Waals surface area contributed by atoms with Crippen LogP contribution in [0.2, 0.25) is 0 Å². The van der Waals surface area contributed by atoms with Gasteiger partial charge in [0.05, 0.1) is 32.0 Å². The quantitative estimate of drug-likeness (QED) is 0.102. The number of fused-ring (bicyclic) bond motifs is 6. The molecule has 10 rings (SSSR count). The summed E-state index contributed by atoms with van der Waals surface area (Å²) in [5.41, 5.74) is -3.23. The van der Waals surface area contributed by atoms with E-state index in [1.807, 2.05) is 99.5 Å². The summed E-state index contributed by atoms with van der Waals surface area (Å²) in [6, 6.07) is 19.9. The number of ether oxygens (including phenoxy) is 3. The van der Waals surface area contributed by atoms with Crippen molar-refractivity contribution in [3.05, 3.63) is 107 Å². The molecule has 5 aliphatic heterocycles. The van der Waals surface area contributed by atoms with E-state index >= 15 is 9.59 Å². The number of aliphatic hydroxyl groups excluding tert-OH is 1. The van der Waals surface area contributed by atoms with Crippen molar-refractivity contribution in [3.63, 3.8) is 0 Å². The Bertz CT molecular complexity index is 2710. The third kappa shape index (κ3) is 6.43. The molecule has 2 bridgehead atoms. The molecule has 14 nitrogen and oxygen atoms in total. The van der Waals surface area contributed by atoms with E-state index in [0.29, 0.717) is 88.2 Å². The molecule has 6 aliphatic rings. The number of H-pyrrole nitrogens is 1. The number of para-hydroxylation sites is 1. The second-order valence-corrected chi connectivity index (χ2v) is 21.1. The van der Waals surface area contributed by atoms with E-state index in [0.717, 1.165) is 33.3 Å². The Morgan fingerprint density at radius 2 is 1.71 bits per heavy atom. The summed E-state index contributed by atoms with van der Waals surface area (Å²) >= 11 is 0. The first-order valence-corrected chi connectivity index (χ1v) is 25.0. The maximum atomic E-state index is 15.7. The van der Waals surface area contributed by atoms with Gasteiger partial charge in [0.1, 0.15) is 23.3 Å². The number of nitrogens with one attached hydrogen (secondary N) is 2. The Morgan fingerprint density at radius 3 is 2.42 bits per heavy atom. The van der Waals surface area contributed by atoms with Crippen LogP contribution in [0.4, 0.5) is 5.69 Å². The highest BCUT2D eigenvalue weighted by Gasteiger charge is 2.84. The maximum Gasteiger partial charge on any atom is 0.328 e. The molecule has 1 spiro atoms. The number of aliphatic hydroxyl groups is 3. The standard InChI is InChI=1S/C55H69N5O9/c1-8-51(65)30-35-31-53(49(64)68-7,44-37(21-25-59(32-35)33-51)36-19-14-15-20-40(36)56-44)39-28-38-42(29-43(39)67-6)58(5)50(4)54(38)23-26-60-24-16-22-52(9-2,46(54)60)47(62)55(50,66)48(63)57-41(45(61)69-10-3)27-34-17-12-11-13-18-34/h11-20,22,28-29,35,41,46-47,56,62,65-66H,8-10,21,23-27,30-33H2,1-7H3,(H,57,63)/t35-,41-,46-,47+,50+,51-,52+,53-,54+,55-/m0/s1. The molecule has 2 saturated heterocycles. The fourth-order valence-electron chi connectivity index (χ4n) is 15.0. The number of aromatic nitrogens is 1. The molecule has 69 heavy (non-hydrogen) atoms. The van der Waals surface area contributed by atoms with Crippen LogP contribution in [0.25, 0.3) is 10.9 Å². The molecule has 3 fully saturated rings. The zero-order chi connectivity index (χ0) is 48.9. The Hall–Kier alpha value is -5.25. The molecular weight excluding hydrogens is 875 g/mol. The first-order chi connectivity index (χ1) is 33.1. The second-order valence-electron chi connectivity index (χ2n) is 21.1. The highest BCUT2D eigenvalue weighted by Crippen LogP contribution is 2.71. The Morgan fingerprint density at radius 1 is 0.957 bits per heavy atom. The molecule has 1 amide bonds. The number of anilines is 1. The number of hydrogen-bond acceptors (Lipinski definition) is 12. The summed E-state index contributed by atoms with van der Waals surface area (Å²) < 4.78 is 18.0. The summed E-state index contributed by atoms with van der Waals surface area (Å²) in [5.74, 6) is -1.70. The topological polar surface area (TPSA) is 177 Å². The van der Waals surface area contributed by atoms with E-state index in [4.69, 9.17) is 14.2 Å². The van der Waals surface area contributed by atoms with Crippen molar-refractivity contribution in [2.75, 3.05) is 65.5 Å². The van der Waals surface area contributed by atoms with Gasteiger partial charge in [0, 0.05) is 90.4 Å². The summed E-state index contributed by atoms with van der Waals surface area (Å²) in [4.78, 5) is 55.5. The van der Waals surface area contributed by atoms with E-state index in [-0.39, 0.29) is 18.9 Å². The van der Waals surface area contributed by atoms with Gasteiger partial charge in [-0.1, -0.05) is 74.5 Å². The lowest BCUT2D eigenvalue weighted by Gasteiger charge is -2.68. The molecular formula is C55H69N5O9. The fourth-order valence-corrected chi connectivity index (χ4v) is 15.0. The molecule has 368 valence electrons. The molecule has 1 saturated carbocycles. The summed E-state index contributed by atoms with van der Waals surface area (Å²) in [5, 5.41) is 43.3. The number of benzene rings is 3. The second kappa shape index (κ2) is 17.0. The van der Waals surface area contributed by atoms with Crippen molar-refractivity contribution in [1.82, 2.24) is 20.1 Å². The highest BCUT2D eigenvalue weighted by atomic mass is 16.5. The van der Waals surface area contributed by atoms with Gasteiger partial charge in [0.2, 0.25) is 0 Å². The van der Waals surface area contributed by atoms with E-state index in [2.05, 4.69) is 32.2 Å². The molecule has 5 N–H and O–H groups in total. The number of esters is 2. The zero-order valence-corrected chi connectivity index (χ0v) is 41.1. The number of amides is 1. The SMILES string of the molecule is CCOC(=O)[C@H](Cc1ccccc1)NC(=O)[C@@]1(O)[C@H](O)[C@]2(CC)C=CCN3CC[C@@]4(c5cc([C@@]6(C(=O)OC)C[C@H]7CN(CCc8c6[nH]c6ccccc86)C[C@](O)(CC)C7)c(OC)cc5N(C)[C@@]14C)[C@@H]32. The van der Waals surface area contributed by atoms with Gasteiger partial charge in [-0.25, -0.2) is 4.79 Å².